The second-order valence-corrected chi connectivity index (χ2v) is 10.7. The van der Waals surface area contributed by atoms with Crippen LogP contribution in [0.1, 0.15) is 18.4 Å². The first-order chi connectivity index (χ1) is 16.1. The molecule has 180 valence electrons. The number of hydrogen-bond acceptors (Lipinski definition) is 6. The molecule has 2 unspecified atom stereocenters. The molecule has 3 N–H and O–H groups in total. The normalized spacial score (nSPS) is 18.4. The van der Waals surface area contributed by atoms with Gasteiger partial charge in [0, 0.05) is 18.0 Å². The largest absolute Gasteiger partial charge is 0.491 e. The Labute approximate surface area is 203 Å². The quantitative estimate of drug-likeness (QED) is 0.438. The fourth-order valence-electron chi connectivity index (χ4n) is 3.68. The van der Waals surface area contributed by atoms with Gasteiger partial charge in [0.05, 0.1) is 17.8 Å². The van der Waals surface area contributed by atoms with E-state index in [0.717, 1.165) is 35.9 Å². The van der Waals surface area contributed by atoms with Gasteiger partial charge in [-0.05, 0) is 42.2 Å². The molecule has 0 bridgehead atoms. The Bertz CT molecular complexity index is 1330. The number of nitrogens with zero attached hydrogens (tertiary/aromatic N) is 1. The predicted molar refractivity (Wildman–Crippen MR) is 125 cm³/mol. The molecule has 0 fully saturated rings. The third-order valence-corrected chi connectivity index (χ3v) is 7.83. The molecule has 1 aromatic heterocycles. The van der Waals surface area contributed by atoms with Gasteiger partial charge in [0.15, 0.2) is 10.3 Å². The lowest BCUT2D eigenvalue weighted by atomic mass is 9.81. The monoisotopic (exact) mass is 529 g/mol. The van der Waals surface area contributed by atoms with E-state index in [9.17, 15) is 21.6 Å². The molecular formula is C22H19ClF3N3O3S2. The van der Waals surface area contributed by atoms with Crippen molar-refractivity contribution < 1.29 is 26.3 Å². The molecule has 2 atom stereocenters. The lowest BCUT2D eigenvalue weighted by molar-refractivity contribution is 0.252. The lowest BCUT2D eigenvalue weighted by Crippen LogP contribution is -2.36. The fraction of sp³-hybridized carbons (Fsp3) is 0.227. The van der Waals surface area contributed by atoms with Crippen molar-refractivity contribution in [1.82, 2.24) is 4.98 Å². The number of halogens is 4. The SMILES string of the molecule is NC1CCC=C(c2ccc(F)cc2)C1COc1cc(F)c(S(=O)(=O)Nc2ncc(F)s2)cc1Cl. The van der Waals surface area contributed by atoms with Gasteiger partial charge in [-0.1, -0.05) is 41.1 Å². The van der Waals surface area contributed by atoms with Crippen molar-refractivity contribution in [3.05, 3.63) is 76.0 Å². The number of nitrogens with one attached hydrogen (secondary N) is 1. The summed E-state index contributed by atoms with van der Waals surface area (Å²) in [6.45, 7) is 0.0479. The van der Waals surface area contributed by atoms with Crippen molar-refractivity contribution >= 4 is 43.7 Å². The van der Waals surface area contributed by atoms with Gasteiger partial charge in [-0.15, -0.1) is 0 Å². The molecule has 0 amide bonds. The van der Waals surface area contributed by atoms with Crippen LogP contribution in [-0.4, -0.2) is 26.1 Å². The molecule has 34 heavy (non-hydrogen) atoms. The minimum atomic E-state index is -4.41. The summed E-state index contributed by atoms with van der Waals surface area (Å²) >= 11 is 6.65. The molecular weight excluding hydrogens is 511 g/mol. The molecule has 1 aliphatic rings. The van der Waals surface area contributed by atoms with E-state index in [2.05, 4.69) is 4.98 Å². The Kier molecular flexibility index (Phi) is 7.17. The van der Waals surface area contributed by atoms with E-state index in [0.29, 0.717) is 17.8 Å². The van der Waals surface area contributed by atoms with Gasteiger partial charge >= 0.3 is 0 Å². The maximum Gasteiger partial charge on any atom is 0.266 e. The van der Waals surface area contributed by atoms with Gasteiger partial charge in [0.1, 0.15) is 22.3 Å². The molecule has 0 saturated carbocycles. The Morgan fingerprint density at radius 2 is 1.94 bits per heavy atom. The predicted octanol–water partition coefficient (Wildman–Crippen LogP) is 5.21. The van der Waals surface area contributed by atoms with Crippen LogP contribution in [0, 0.1) is 22.7 Å². The highest BCUT2D eigenvalue weighted by atomic mass is 35.5. The summed E-state index contributed by atoms with van der Waals surface area (Å²) in [5.74, 6) is -1.80. The van der Waals surface area contributed by atoms with Gasteiger partial charge < -0.3 is 10.5 Å². The maximum atomic E-state index is 14.7. The minimum absolute atomic E-state index is 0.0479. The number of anilines is 1. The number of aromatic nitrogens is 1. The van der Waals surface area contributed by atoms with Gasteiger partial charge in [-0.3, -0.25) is 4.72 Å². The van der Waals surface area contributed by atoms with Gasteiger partial charge in [-0.25, -0.2) is 22.2 Å². The highest BCUT2D eigenvalue weighted by molar-refractivity contribution is 7.93. The van der Waals surface area contributed by atoms with Crippen LogP contribution in [0.15, 0.2) is 53.6 Å². The van der Waals surface area contributed by atoms with E-state index in [-0.39, 0.29) is 40.3 Å². The molecule has 1 heterocycles. The Balaban J connectivity index is 1.53. The summed E-state index contributed by atoms with van der Waals surface area (Å²) in [5.41, 5.74) is 7.99. The number of sulfonamides is 1. The van der Waals surface area contributed by atoms with E-state index in [1.54, 1.807) is 12.1 Å². The summed E-state index contributed by atoms with van der Waals surface area (Å²) in [6.07, 6.45) is 4.31. The van der Waals surface area contributed by atoms with Gasteiger partial charge in [-0.2, -0.15) is 4.39 Å². The van der Waals surface area contributed by atoms with Crippen LogP contribution in [0.25, 0.3) is 5.57 Å². The van der Waals surface area contributed by atoms with Gasteiger partial charge in [0.2, 0.25) is 0 Å². The summed E-state index contributed by atoms with van der Waals surface area (Å²) in [7, 11) is -4.41. The first kappa shape index (κ1) is 24.5. The second kappa shape index (κ2) is 9.95. The van der Waals surface area contributed by atoms with E-state index in [1.165, 1.54) is 12.1 Å². The van der Waals surface area contributed by atoms with Crippen LogP contribution in [0.5, 0.6) is 5.75 Å². The molecule has 0 aliphatic heterocycles. The number of thiazole rings is 1. The third kappa shape index (κ3) is 5.38. The Morgan fingerprint density at radius 3 is 2.62 bits per heavy atom. The standard InChI is InChI=1S/C22H19ClF3N3O3S2/c23-16-8-20(34(30,31)29-22-28-10-21(26)33-22)17(25)9-19(16)32-11-15-14(2-1-3-18(15)27)12-4-6-13(24)7-5-12/h2,4-10,15,18H,1,3,11,27H2,(H,28,29). The summed E-state index contributed by atoms with van der Waals surface area (Å²) in [4.78, 5) is 2.82. The van der Waals surface area contributed by atoms with E-state index >= 15 is 0 Å². The molecule has 12 heteroatoms. The minimum Gasteiger partial charge on any atom is -0.491 e. The molecule has 2 aromatic carbocycles. The summed E-state index contributed by atoms with van der Waals surface area (Å²) in [6, 6.07) is 7.54. The van der Waals surface area contributed by atoms with Crippen molar-refractivity contribution in [2.45, 2.75) is 23.8 Å². The third-order valence-electron chi connectivity index (χ3n) is 5.35. The highest BCUT2D eigenvalue weighted by Gasteiger charge is 2.28. The van der Waals surface area contributed by atoms with Crippen molar-refractivity contribution in [2.24, 2.45) is 11.7 Å². The summed E-state index contributed by atoms with van der Waals surface area (Å²) in [5, 5.41) is -1.08. The average Bonchev–Trinajstić information content (AvgIpc) is 3.18. The molecule has 0 saturated heterocycles. The van der Waals surface area contributed by atoms with E-state index in [4.69, 9.17) is 22.1 Å². The van der Waals surface area contributed by atoms with Gasteiger partial charge in [0.25, 0.3) is 10.0 Å². The van der Waals surface area contributed by atoms with E-state index in [1.807, 2.05) is 10.8 Å². The zero-order valence-corrected chi connectivity index (χ0v) is 19.9. The molecule has 0 spiro atoms. The molecule has 6 nitrogen and oxygen atoms in total. The number of allylic oxidation sites excluding steroid dienone is 1. The second-order valence-electron chi connectivity index (χ2n) is 7.61. The van der Waals surface area contributed by atoms with Crippen LogP contribution in [-0.2, 0) is 10.0 Å². The Morgan fingerprint density at radius 1 is 1.21 bits per heavy atom. The first-order valence-corrected chi connectivity index (χ1v) is 12.8. The molecule has 0 radical (unpaired) electrons. The van der Waals surface area contributed by atoms with Crippen molar-refractivity contribution in [3.8, 4) is 5.75 Å². The van der Waals surface area contributed by atoms with E-state index < -0.39 is 25.9 Å². The first-order valence-electron chi connectivity index (χ1n) is 10.1. The van der Waals surface area contributed by atoms with Crippen LogP contribution < -0.4 is 15.2 Å². The Hall–Kier alpha value is -2.60. The van der Waals surface area contributed by atoms with Crippen molar-refractivity contribution in [2.75, 3.05) is 11.3 Å². The molecule has 4 rings (SSSR count). The van der Waals surface area contributed by atoms with Crippen LogP contribution in [0.2, 0.25) is 5.02 Å². The average molecular weight is 530 g/mol. The van der Waals surface area contributed by atoms with Crippen LogP contribution in [0.3, 0.4) is 0 Å². The highest BCUT2D eigenvalue weighted by Crippen LogP contribution is 2.35. The number of ether oxygens (including phenoxy) is 1. The zero-order chi connectivity index (χ0) is 24.5. The van der Waals surface area contributed by atoms with Crippen molar-refractivity contribution in [3.63, 3.8) is 0 Å². The summed E-state index contributed by atoms with van der Waals surface area (Å²) < 4.78 is 73.9. The molecule has 3 aromatic rings. The maximum absolute atomic E-state index is 14.7. The number of hydrogen-bond donors (Lipinski definition) is 2. The number of rotatable bonds is 7. The number of benzene rings is 2. The smallest absolute Gasteiger partial charge is 0.266 e. The van der Waals surface area contributed by atoms with Crippen molar-refractivity contribution in [1.29, 1.82) is 0 Å². The molecule has 1 aliphatic carbocycles. The zero-order valence-electron chi connectivity index (χ0n) is 17.5. The number of nitrogens with two attached hydrogens (primary N) is 1. The lowest BCUT2D eigenvalue weighted by Gasteiger charge is -2.30. The van der Waals surface area contributed by atoms with Crippen LogP contribution in [0.4, 0.5) is 18.3 Å². The van der Waals surface area contributed by atoms with Crippen LogP contribution >= 0.6 is 22.9 Å². The fourth-order valence-corrected chi connectivity index (χ4v) is 5.84. The topological polar surface area (TPSA) is 94.3 Å².